The molecule has 0 radical (unpaired) electrons. The van der Waals surface area contributed by atoms with E-state index in [1.54, 1.807) is 11.3 Å². The van der Waals surface area contributed by atoms with Crippen LogP contribution in [0.25, 0.3) is 0 Å². The maximum Gasteiger partial charge on any atom is 0.317 e. The average Bonchev–Trinajstić information content (AvgIpc) is 2.83. The smallest absolute Gasteiger partial charge is 0.317 e. The lowest BCUT2D eigenvalue weighted by Crippen LogP contribution is -2.52. The monoisotopic (exact) mass is 268 g/mol. The highest BCUT2D eigenvalue weighted by Gasteiger charge is 2.22. The molecular formula is C12H20N4OS. The van der Waals surface area contributed by atoms with Crippen LogP contribution >= 0.6 is 11.3 Å². The van der Waals surface area contributed by atoms with Crippen molar-refractivity contribution < 1.29 is 4.79 Å². The van der Waals surface area contributed by atoms with E-state index in [0.717, 1.165) is 50.0 Å². The van der Waals surface area contributed by atoms with E-state index < -0.39 is 0 Å². The highest BCUT2D eigenvalue weighted by molar-refractivity contribution is 7.13. The molecule has 6 heteroatoms. The second kappa shape index (κ2) is 6.04. The summed E-state index contributed by atoms with van der Waals surface area (Å²) in [5.74, 6) is 0. The second-order valence-electron chi connectivity index (χ2n) is 4.48. The van der Waals surface area contributed by atoms with E-state index in [1.807, 2.05) is 11.8 Å². The SMILES string of the molecule is CCCNC(=O)N1CCN(c2nc(C)cs2)CC1. The number of aryl methyl sites for hydroxylation is 1. The number of amides is 2. The largest absolute Gasteiger partial charge is 0.345 e. The number of anilines is 1. The molecule has 1 N–H and O–H groups in total. The fraction of sp³-hybridized carbons (Fsp3) is 0.667. The van der Waals surface area contributed by atoms with Gasteiger partial charge in [0.1, 0.15) is 0 Å². The van der Waals surface area contributed by atoms with Gasteiger partial charge in [-0.15, -0.1) is 11.3 Å². The van der Waals surface area contributed by atoms with Crippen LogP contribution in [0.1, 0.15) is 19.0 Å². The van der Waals surface area contributed by atoms with Crippen LogP contribution < -0.4 is 10.2 Å². The number of thiazole rings is 1. The van der Waals surface area contributed by atoms with Crippen LogP contribution in [0.15, 0.2) is 5.38 Å². The molecule has 1 aromatic heterocycles. The van der Waals surface area contributed by atoms with Crippen LogP contribution in [0, 0.1) is 6.92 Å². The fourth-order valence-corrected chi connectivity index (χ4v) is 2.79. The van der Waals surface area contributed by atoms with Crippen molar-refractivity contribution in [2.75, 3.05) is 37.6 Å². The number of carbonyl (C=O) groups is 1. The molecule has 0 aliphatic carbocycles. The van der Waals surface area contributed by atoms with E-state index in [4.69, 9.17) is 0 Å². The quantitative estimate of drug-likeness (QED) is 0.907. The van der Waals surface area contributed by atoms with Crippen molar-refractivity contribution in [2.45, 2.75) is 20.3 Å². The summed E-state index contributed by atoms with van der Waals surface area (Å²) in [6, 6.07) is 0.0619. The summed E-state index contributed by atoms with van der Waals surface area (Å²) in [4.78, 5) is 20.4. The lowest BCUT2D eigenvalue weighted by molar-refractivity contribution is 0.194. The van der Waals surface area contributed by atoms with Crippen molar-refractivity contribution in [3.05, 3.63) is 11.1 Å². The fourth-order valence-electron chi connectivity index (χ4n) is 1.93. The number of hydrogen-bond acceptors (Lipinski definition) is 4. The van der Waals surface area contributed by atoms with Crippen molar-refractivity contribution in [3.8, 4) is 0 Å². The maximum absolute atomic E-state index is 11.8. The number of nitrogens with one attached hydrogen (secondary N) is 1. The van der Waals surface area contributed by atoms with Crippen LogP contribution in [0.4, 0.5) is 9.93 Å². The molecule has 2 rings (SSSR count). The van der Waals surface area contributed by atoms with Gasteiger partial charge in [0.15, 0.2) is 5.13 Å². The summed E-state index contributed by atoms with van der Waals surface area (Å²) in [6.45, 7) is 8.10. The number of piperazine rings is 1. The Kier molecular flexibility index (Phi) is 4.41. The van der Waals surface area contributed by atoms with Gasteiger partial charge >= 0.3 is 6.03 Å². The number of nitrogens with zero attached hydrogens (tertiary/aromatic N) is 3. The topological polar surface area (TPSA) is 48.5 Å². The van der Waals surface area contributed by atoms with E-state index in [0.29, 0.717) is 0 Å². The van der Waals surface area contributed by atoms with Gasteiger partial charge in [0, 0.05) is 38.1 Å². The molecule has 0 atom stereocenters. The summed E-state index contributed by atoms with van der Waals surface area (Å²) in [6.07, 6.45) is 0.976. The summed E-state index contributed by atoms with van der Waals surface area (Å²) in [5.41, 5.74) is 1.07. The number of hydrogen-bond donors (Lipinski definition) is 1. The Morgan fingerprint density at radius 1 is 1.44 bits per heavy atom. The van der Waals surface area contributed by atoms with Crippen LogP contribution in [-0.4, -0.2) is 48.6 Å². The van der Waals surface area contributed by atoms with Gasteiger partial charge in [-0.05, 0) is 13.3 Å². The third kappa shape index (κ3) is 3.13. The Labute approximate surface area is 112 Å². The van der Waals surface area contributed by atoms with Gasteiger partial charge in [-0.2, -0.15) is 0 Å². The Morgan fingerprint density at radius 2 is 2.17 bits per heavy atom. The predicted octanol–water partition coefficient (Wildman–Crippen LogP) is 1.69. The van der Waals surface area contributed by atoms with Gasteiger partial charge in [0.25, 0.3) is 0 Å². The first-order chi connectivity index (χ1) is 8.70. The van der Waals surface area contributed by atoms with Crippen LogP contribution in [-0.2, 0) is 0 Å². The molecule has 1 aromatic rings. The van der Waals surface area contributed by atoms with E-state index in [1.165, 1.54) is 0 Å². The maximum atomic E-state index is 11.8. The number of rotatable bonds is 3. The molecule has 1 fully saturated rings. The van der Waals surface area contributed by atoms with Crippen LogP contribution in [0.3, 0.4) is 0 Å². The minimum absolute atomic E-state index is 0.0619. The summed E-state index contributed by atoms with van der Waals surface area (Å²) in [7, 11) is 0. The molecule has 5 nitrogen and oxygen atoms in total. The number of aromatic nitrogens is 1. The molecule has 0 unspecified atom stereocenters. The van der Waals surface area contributed by atoms with E-state index in [2.05, 4.69) is 27.5 Å². The molecule has 0 spiro atoms. The third-order valence-electron chi connectivity index (χ3n) is 2.97. The Morgan fingerprint density at radius 3 is 2.72 bits per heavy atom. The standard InChI is InChI=1S/C12H20N4OS/c1-3-4-13-11(17)15-5-7-16(8-6-15)12-14-10(2)9-18-12/h9H,3-8H2,1-2H3,(H,13,17). The molecule has 2 heterocycles. The lowest BCUT2D eigenvalue weighted by Gasteiger charge is -2.34. The highest BCUT2D eigenvalue weighted by Crippen LogP contribution is 2.21. The van der Waals surface area contributed by atoms with Crippen molar-refractivity contribution in [2.24, 2.45) is 0 Å². The summed E-state index contributed by atoms with van der Waals surface area (Å²) >= 11 is 1.68. The van der Waals surface area contributed by atoms with Gasteiger partial charge in [0.2, 0.25) is 0 Å². The molecule has 1 aliphatic rings. The van der Waals surface area contributed by atoms with Gasteiger partial charge in [-0.25, -0.2) is 9.78 Å². The third-order valence-corrected chi connectivity index (χ3v) is 3.99. The predicted molar refractivity (Wildman–Crippen MR) is 74.3 cm³/mol. The zero-order valence-electron chi connectivity index (χ0n) is 11.0. The summed E-state index contributed by atoms with van der Waals surface area (Å²) in [5, 5.41) is 6.05. The molecule has 1 aliphatic heterocycles. The minimum Gasteiger partial charge on any atom is -0.345 e. The second-order valence-corrected chi connectivity index (χ2v) is 5.31. The van der Waals surface area contributed by atoms with E-state index in [9.17, 15) is 4.79 Å². The van der Waals surface area contributed by atoms with Gasteiger partial charge in [-0.1, -0.05) is 6.92 Å². The number of urea groups is 1. The van der Waals surface area contributed by atoms with Crippen molar-refractivity contribution >= 4 is 22.5 Å². The van der Waals surface area contributed by atoms with E-state index in [-0.39, 0.29) is 6.03 Å². The van der Waals surface area contributed by atoms with Gasteiger partial charge in [-0.3, -0.25) is 0 Å². The van der Waals surface area contributed by atoms with Crippen molar-refractivity contribution in [1.29, 1.82) is 0 Å². The Balaban J connectivity index is 1.82. The van der Waals surface area contributed by atoms with Crippen LogP contribution in [0.5, 0.6) is 0 Å². The molecule has 0 aromatic carbocycles. The first-order valence-corrected chi connectivity index (χ1v) is 7.28. The van der Waals surface area contributed by atoms with E-state index >= 15 is 0 Å². The van der Waals surface area contributed by atoms with Gasteiger partial charge < -0.3 is 15.1 Å². The molecular weight excluding hydrogens is 248 g/mol. The molecule has 0 bridgehead atoms. The number of carbonyl (C=O) groups excluding carboxylic acids is 1. The van der Waals surface area contributed by atoms with Crippen molar-refractivity contribution in [1.82, 2.24) is 15.2 Å². The molecule has 1 saturated heterocycles. The van der Waals surface area contributed by atoms with Gasteiger partial charge in [0.05, 0.1) is 5.69 Å². The molecule has 100 valence electrons. The molecule has 0 saturated carbocycles. The zero-order chi connectivity index (χ0) is 13.0. The lowest BCUT2D eigenvalue weighted by atomic mass is 10.3. The summed E-state index contributed by atoms with van der Waals surface area (Å²) < 4.78 is 0. The normalized spacial score (nSPS) is 15.9. The van der Waals surface area contributed by atoms with Crippen molar-refractivity contribution in [3.63, 3.8) is 0 Å². The minimum atomic E-state index is 0.0619. The highest BCUT2D eigenvalue weighted by atomic mass is 32.1. The molecule has 2 amide bonds. The first kappa shape index (κ1) is 13.1. The Bertz CT molecular complexity index is 399. The zero-order valence-corrected chi connectivity index (χ0v) is 11.8. The average molecular weight is 268 g/mol. The van der Waals surface area contributed by atoms with Crippen LogP contribution in [0.2, 0.25) is 0 Å². The Hall–Kier alpha value is -1.30. The molecule has 18 heavy (non-hydrogen) atoms. The first-order valence-electron chi connectivity index (χ1n) is 6.40.